The molecule has 0 amide bonds. The highest BCUT2D eigenvalue weighted by molar-refractivity contribution is 6.33. The Balaban J connectivity index is 2.69. The van der Waals surface area contributed by atoms with Crippen molar-refractivity contribution in [1.82, 2.24) is 0 Å². The van der Waals surface area contributed by atoms with Gasteiger partial charge in [0.2, 0.25) is 0 Å². The van der Waals surface area contributed by atoms with Gasteiger partial charge in [-0.1, -0.05) is 23.2 Å². The number of benzene rings is 1. The standard InChI is InChI=1S/C10H9Cl2F3O/c11-7-1-2-9(12)6(3-7)4-8(16)5-10(13,14)15/h1-3,8,16H,4-5H2. The van der Waals surface area contributed by atoms with Crippen LogP contribution in [0.1, 0.15) is 12.0 Å². The molecule has 0 bridgehead atoms. The highest BCUT2D eigenvalue weighted by Crippen LogP contribution is 2.26. The molecule has 1 aromatic rings. The molecule has 0 fully saturated rings. The monoisotopic (exact) mass is 272 g/mol. The third kappa shape index (κ3) is 4.60. The third-order valence-corrected chi connectivity index (χ3v) is 2.53. The quantitative estimate of drug-likeness (QED) is 0.886. The van der Waals surface area contributed by atoms with E-state index in [9.17, 15) is 18.3 Å². The van der Waals surface area contributed by atoms with E-state index in [0.717, 1.165) is 0 Å². The van der Waals surface area contributed by atoms with Crippen LogP contribution in [-0.2, 0) is 6.42 Å². The fraction of sp³-hybridized carbons (Fsp3) is 0.400. The summed E-state index contributed by atoms with van der Waals surface area (Å²) in [7, 11) is 0. The first-order valence-electron chi connectivity index (χ1n) is 4.46. The Kier molecular flexibility index (Phi) is 4.47. The molecule has 6 heteroatoms. The Morgan fingerprint density at radius 1 is 1.25 bits per heavy atom. The van der Waals surface area contributed by atoms with Gasteiger partial charge in [0.1, 0.15) is 0 Å². The zero-order valence-electron chi connectivity index (χ0n) is 8.06. The molecule has 1 aromatic carbocycles. The van der Waals surface area contributed by atoms with E-state index >= 15 is 0 Å². The number of halogens is 5. The Hall–Kier alpha value is -0.450. The molecule has 16 heavy (non-hydrogen) atoms. The Morgan fingerprint density at radius 3 is 2.44 bits per heavy atom. The SMILES string of the molecule is OC(Cc1cc(Cl)ccc1Cl)CC(F)(F)F. The molecule has 0 saturated heterocycles. The second kappa shape index (κ2) is 5.25. The zero-order valence-corrected chi connectivity index (χ0v) is 9.57. The maximum Gasteiger partial charge on any atom is 0.391 e. The second-order valence-corrected chi connectivity index (χ2v) is 4.26. The van der Waals surface area contributed by atoms with Crippen LogP contribution in [0.5, 0.6) is 0 Å². The van der Waals surface area contributed by atoms with Crippen molar-refractivity contribution in [2.75, 3.05) is 0 Å². The minimum Gasteiger partial charge on any atom is -0.392 e. The molecule has 1 N–H and O–H groups in total. The molecular weight excluding hydrogens is 264 g/mol. The average Bonchev–Trinajstić information content (AvgIpc) is 2.08. The van der Waals surface area contributed by atoms with Crippen LogP contribution in [0, 0.1) is 0 Å². The van der Waals surface area contributed by atoms with Gasteiger partial charge >= 0.3 is 6.18 Å². The van der Waals surface area contributed by atoms with Crippen molar-refractivity contribution in [2.45, 2.75) is 25.1 Å². The van der Waals surface area contributed by atoms with E-state index in [-0.39, 0.29) is 6.42 Å². The average molecular weight is 273 g/mol. The van der Waals surface area contributed by atoms with Crippen molar-refractivity contribution in [3.8, 4) is 0 Å². The normalized spacial score (nSPS) is 13.9. The predicted molar refractivity (Wildman–Crippen MR) is 56.8 cm³/mol. The summed E-state index contributed by atoms with van der Waals surface area (Å²) in [6.45, 7) is 0. The highest BCUT2D eigenvalue weighted by Gasteiger charge is 2.31. The summed E-state index contributed by atoms with van der Waals surface area (Å²) in [6.07, 6.45) is -7.31. The summed E-state index contributed by atoms with van der Waals surface area (Å²) >= 11 is 11.4. The number of alkyl halides is 3. The van der Waals surface area contributed by atoms with Crippen LogP contribution in [0.25, 0.3) is 0 Å². The van der Waals surface area contributed by atoms with E-state index in [0.29, 0.717) is 15.6 Å². The second-order valence-electron chi connectivity index (χ2n) is 3.41. The van der Waals surface area contributed by atoms with Crippen LogP contribution in [0.2, 0.25) is 10.0 Å². The molecular formula is C10H9Cl2F3O. The van der Waals surface area contributed by atoms with Gasteiger partial charge in [-0.25, -0.2) is 0 Å². The molecule has 0 spiro atoms. The van der Waals surface area contributed by atoms with E-state index in [1.807, 2.05) is 0 Å². The minimum atomic E-state index is -4.38. The van der Waals surface area contributed by atoms with E-state index in [2.05, 4.69) is 0 Å². The lowest BCUT2D eigenvalue weighted by Crippen LogP contribution is -2.21. The number of hydrogen-bond donors (Lipinski definition) is 1. The van der Waals surface area contributed by atoms with Crippen LogP contribution in [0.15, 0.2) is 18.2 Å². The molecule has 0 radical (unpaired) electrons. The third-order valence-electron chi connectivity index (χ3n) is 1.93. The van der Waals surface area contributed by atoms with E-state index < -0.39 is 18.7 Å². The maximum atomic E-state index is 12.0. The van der Waals surface area contributed by atoms with Crippen molar-refractivity contribution in [3.63, 3.8) is 0 Å². The summed E-state index contributed by atoms with van der Waals surface area (Å²) in [6, 6.07) is 4.46. The lowest BCUT2D eigenvalue weighted by Gasteiger charge is -2.14. The van der Waals surface area contributed by atoms with Gasteiger partial charge in [0, 0.05) is 16.5 Å². The summed E-state index contributed by atoms with van der Waals surface area (Å²) < 4.78 is 35.9. The lowest BCUT2D eigenvalue weighted by atomic mass is 10.1. The fourth-order valence-electron chi connectivity index (χ4n) is 1.29. The molecule has 1 nitrogen and oxygen atoms in total. The molecule has 0 aliphatic heterocycles. The summed E-state index contributed by atoms with van der Waals surface area (Å²) in [4.78, 5) is 0. The minimum absolute atomic E-state index is 0.168. The predicted octanol–water partition coefficient (Wildman–Crippen LogP) is 3.85. The number of hydrogen-bond acceptors (Lipinski definition) is 1. The first-order chi connectivity index (χ1) is 7.28. The molecule has 1 rings (SSSR count). The van der Waals surface area contributed by atoms with E-state index in [1.165, 1.54) is 18.2 Å². The first-order valence-corrected chi connectivity index (χ1v) is 5.22. The fourth-order valence-corrected chi connectivity index (χ4v) is 1.68. The van der Waals surface area contributed by atoms with Crippen LogP contribution >= 0.6 is 23.2 Å². The molecule has 0 aromatic heterocycles. The summed E-state index contributed by atoms with van der Waals surface area (Å²) in [5, 5.41) is 9.90. The van der Waals surface area contributed by atoms with Gasteiger partial charge in [-0.15, -0.1) is 0 Å². The summed E-state index contributed by atoms with van der Waals surface area (Å²) in [5.74, 6) is 0. The Bertz CT molecular complexity index is 366. The van der Waals surface area contributed by atoms with Gasteiger partial charge in [0.15, 0.2) is 0 Å². The topological polar surface area (TPSA) is 20.2 Å². The Morgan fingerprint density at radius 2 is 1.88 bits per heavy atom. The van der Waals surface area contributed by atoms with Crippen molar-refractivity contribution < 1.29 is 18.3 Å². The van der Waals surface area contributed by atoms with Crippen LogP contribution in [0.4, 0.5) is 13.2 Å². The largest absolute Gasteiger partial charge is 0.392 e. The molecule has 0 saturated carbocycles. The van der Waals surface area contributed by atoms with Crippen molar-refractivity contribution in [1.29, 1.82) is 0 Å². The number of aliphatic hydroxyl groups is 1. The smallest absolute Gasteiger partial charge is 0.391 e. The van der Waals surface area contributed by atoms with Crippen molar-refractivity contribution in [2.24, 2.45) is 0 Å². The molecule has 90 valence electrons. The maximum absolute atomic E-state index is 12.0. The van der Waals surface area contributed by atoms with Crippen molar-refractivity contribution in [3.05, 3.63) is 33.8 Å². The molecule has 1 atom stereocenters. The summed E-state index contributed by atoms with van der Waals surface area (Å²) in [5.41, 5.74) is 0.408. The molecule has 0 aliphatic carbocycles. The zero-order chi connectivity index (χ0) is 12.3. The lowest BCUT2D eigenvalue weighted by molar-refractivity contribution is -0.153. The van der Waals surface area contributed by atoms with E-state index in [4.69, 9.17) is 23.2 Å². The van der Waals surface area contributed by atoms with Gasteiger partial charge < -0.3 is 5.11 Å². The molecule has 1 unspecified atom stereocenters. The Labute approximate surface area is 101 Å². The van der Waals surface area contributed by atoms with Gasteiger partial charge in [0.25, 0.3) is 0 Å². The van der Waals surface area contributed by atoms with E-state index in [1.54, 1.807) is 0 Å². The van der Waals surface area contributed by atoms with Gasteiger partial charge in [-0.2, -0.15) is 13.2 Å². The first kappa shape index (κ1) is 13.6. The van der Waals surface area contributed by atoms with Crippen molar-refractivity contribution >= 4 is 23.2 Å². The van der Waals surface area contributed by atoms with Crippen LogP contribution in [0.3, 0.4) is 0 Å². The molecule has 0 heterocycles. The van der Waals surface area contributed by atoms with Crippen LogP contribution in [-0.4, -0.2) is 17.4 Å². The van der Waals surface area contributed by atoms with Gasteiger partial charge in [0.05, 0.1) is 12.5 Å². The number of rotatable bonds is 3. The highest BCUT2D eigenvalue weighted by atomic mass is 35.5. The van der Waals surface area contributed by atoms with Gasteiger partial charge in [-0.05, 0) is 23.8 Å². The number of aliphatic hydroxyl groups excluding tert-OH is 1. The molecule has 0 aliphatic rings. The van der Waals surface area contributed by atoms with Gasteiger partial charge in [-0.3, -0.25) is 0 Å². The van der Waals surface area contributed by atoms with Crippen LogP contribution < -0.4 is 0 Å².